The van der Waals surface area contributed by atoms with Crippen LogP contribution in [0.4, 0.5) is 5.13 Å². The summed E-state index contributed by atoms with van der Waals surface area (Å²) in [5.41, 5.74) is 16.7. The number of nitrogens with one attached hydrogen (secondary N) is 1. The van der Waals surface area contributed by atoms with Gasteiger partial charge in [-0.05, 0) is 6.92 Å². The summed E-state index contributed by atoms with van der Waals surface area (Å²) >= 11 is 2.93. The van der Waals surface area contributed by atoms with Crippen molar-refractivity contribution in [1.29, 1.82) is 5.41 Å². The van der Waals surface area contributed by atoms with Crippen LogP contribution in [0, 0.1) is 5.41 Å². The predicted octanol–water partition coefficient (Wildman–Crippen LogP) is 0.606. The van der Waals surface area contributed by atoms with E-state index in [1.54, 1.807) is 11.8 Å². The van der Waals surface area contributed by atoms with Gasteiger partial charge in [0.25, 0.3) is 0 Å². The smallest absolute Gasteiger partial charge is 0.212 e. The zero-order chi connectivity index (χ0) is 12.1. The van der Waals surface area contributed by atoms with Gasteiger partial charge >= 0.3 is 0 Å². The van der Waals surface area contributed by atoms with Crippen molar-refractivity contribution in [3.63, 3.8) is 0 Å². The third-order valence-electron chi connectivity index (χ3n) is 1.68. The van der Waals surface area contributed by atoms with Crippen LogP contribution >= 0.6 is 23.1 Å². The minimum Gasteiger partial charge on any atom is -0.387 e. The van der Waals surface area contributed by atoms with Crippen molar-refractivity contribution < 1.29 is 0 Å². The lowest BCUT2D eigenvalue weighted by molar-refractivity contribution is 1.18. The maximum atomic E-state index is 7.25. The Hall–Kier alpha value is -1.28. The first kappa shape index (κ1) is 12.8. The highest BCUT2D eigenvalue weighted by Crippen LogP contribution is 2.23. The maximum absolute atomic E-state index is 7.25. The molecule has 0 spiro atoms. The molecule has 0 aliphatic carbocycles. The van der Waals surface area contributed by atoms with Gasteiger partial charge in [-0.15, -0.1) is 23.1 Å². The summed E-state index contributed by atoms with van der Waals surface area (Å²) < 4.78 is 0. The van der Waals surface area contributed by atoms with Gasteiger partial charge in [0.05, 0.1) is 10.9 Å². The van der Waals surface area contributed by atoms with Crippen molar-refractivity contribution in [3.05, 3.63) is 11.1 Å². The molecule has 1 aromatic heterocycles. The topological polar surface area (TPSA) is 127 Å². The van der Waals surface area contributed by atoms with Crippen LogP contribution in [0.5, 0.6) is 0 Å². The largest absolute Gasteiger partial charge is 0.387 e. The van der Waals surface area contributed by atoms with Crippen molar-refractivity contribution in [2.75, 3.05) is 0 Å². The van der Waals surface area contributed by atoms with Gasteiger partial charge in [-0.1, -0.05) is 0 Å². The number of nitrogens with two attached hydrogens (primary N) is 3. The molecule has 0 aliphatic rings. The van der Waals surface area contributed by atoms with Gasteiger partial charge in [0.15, 0.2) is 5.96 Å². The Kier molecular flexibility index (Phi) is 4.56. The van der Waals surface area contributed by atoms with Gasteiger partial charge in [0.2, 0.25) is 5.13 Å². The van der Waals surface area contributed by atoms with Crippen LogP contribution < -0.4 is 17.2 Å². The van der Waals surface area contributed by atoms with Gasteiger partial charge in [-0.25, -0.2) is 4.98 Å². The van der Waals surface area contributed by atoms with E-state index in [4.69, 9.17) is 22.6 Å². The second-order valence-corrected chi connectivity index (χ2v) is 5.23. The lowest BCUT2D eigenvalue weighted by Crippen LogP contribution is -2.22. The molecule has 0 amide bonds. The highest BCUT2D eigenvalue weighted by molar-refractivity contribution is 7.99. The van der Waals surface area contributed by atoms with Gasteiger partial charge < -0.3 is 17.2 Å². The van der Waals surface area contributed by atoms with Gasteiger partial charge in [0, 0.05) is 11.1 Å². The number of rotatable bonds is 5. The van der Waals surface area contributed by atoms with E-state index in [2.05, 4.69) is 9.98 Å². The molecule has 0 saturated heterocycles. The molecule has 16 heavy (non-hydrogen) atoms. The van der Waals surface area contributed by atoms with E-state index in [9.17, 15) is 0 Å². The van der Waals surface area contributed by atoms with Crippen LogP contribution in [0.2, 0.25) is 0 Å². The fourth-order valence-corrected chi connectivity index (χ4v) is 2.38. The molecule has 0 aliphatic heterocycles. The Bertz CT molecular complexity index is 395. The second kappa shape index (κ2) is 5.71. The number of thiazole rings is 1. The summed E-state index contributed by atoms with van der Waals surface area (Å²) in [6.07, 6.45) is 0. The van der Waals surface area contributed by atoms with Gasteiger partial charge in [0.1, 0.15) is 5.84 Å². The standard InChI is InChI=1S/C8H14N6S2/c1-4(6(9)10)15-2-5-3-16-8(13-5)14-7(11)12/h3-4H,2H2,1H3,(H3,9,10)(H4,11,12,13,14). The monoisotopic (exact) mass is 258 g/mol. The molecule has 7 N–H and O–H groups in total. The third-order valence-corrected chi connectivity index (χ3v) is 3.68. The highest BCUT2D eigenvalue weighted by Gasteiger charge is 2.08. The first-order valence-electron chi connectivity index (χ1n) is 4.48. The molecule has 1 unspecified atom stereocenters. The number of aliphatic imine (C=N–C) groups is 1. The average molecular weight is 258 g/mol. The number of amidine groups is 1. The molecule has 1 heterocycles. The molecule has 1 atom stereocenters. The van der Waals surface area contributed by atoms with Gasteiger partial charge in [-0.3, -0.25) is 5.41 Å². The Labute approximate surface area is 102 Å². The minimum absolute atomic E-state index is 0.00524. The summed E-state index contributed by atoms with van der Waals surface area (Å²) in [5.74, 6) is 0.868. The van der Waals surface area contributed by atoms with E-state index in [1.807, 2.05) is 12.3 Å². The second-order valence-electron chi connectivity index (χ2n) is 3.07. The van der Waals surface area contributed by atoms with Crippen LogP contribution in [0.3, 0.4) is 0 Å². The van der Waals surface area contributed by atoms with E-state index in [-0.39, 0.29) is 17.0 Å². The molecule has 8 heteroatoms. The lowest BCUT2D eigenvalue weighted by atomic mass is 10.4. The highest BCUT2D eigenvalue weighted by atomic mass is 32.2. The zero-order valence-electron chi connectivity index (χ0n) is 8.80. The van der Waals surface area contributed by atoms with Crippen molar-refractivity contribution >= 4 is 40.0 Å². The Balaban J connectivity index is 2.53. The zero-order valence-corrected chi connectivity index (χ0v) is 10.4. The molecule has 0 bridgehead atoms. The van der Waals surface area contributed by atoms with Crippen molar-refractivity contribution in [3.8, 4) is 0 Å². The van der Waals surface area contributed by atoms with Crippen molar-refractivity contribution in [2.24, 2.45) is 22.2 Å². The average Bonchev–Trinajstić information content (AvgIpc) is 2.60. The van der Waals surface area contributed by atoms with Gasteiger partial charge in [-0.2, -0.15) is 4.99 Å². The number of hydrogen-bond donors (Lipinski definition) is 4. The molecule has 0 radical (unpaired) electrons. The van der Waals surface area contributed by atoms with E-state index in [1.165, 1.54) is 11.3 Å². The number of nitrogens with zero attached hydrogens (tertiary/aromatic N) is 2. The summed E-state index contributed by atoms with van der Waals surface area (Å²) in [6.45, 7) is 1.89. The predicted molar refractivity (Wildman–Crippen MR) is 70.3 cm³/mol. The molecule has 88 valence electrons. The first-order chi connectivity index (χ1) is 7.49. The SMILES string of the molecule is CC(SCc1csc(N=C(N)N)n1)C(=N)N. The first-order valence-corrected chi connectivity index (χ1v) is 6.41. The quantitative estimate of drug-likeness (QED) is 0.454. The Morgan fingerprint density at radius 2 is 2.31 bits per heavy atom. The van der Waals surface area contributed by atoms with E-state index in [0.717, 1.165) is 5.69 Å². The fraction of sp³-hybridized carbons (Fsp3) is 0.375. The summed E-state index contributed by atoms with van der Waals surface area (Å²) in [6, 6.07) is 0. The van der Waals surface area contributed by atoms with E-state index < -0.39 is 0 Å². The van der Waals surface area contributed by atoms with Crippen LogP contribution in [0.1, 0.15) is 12.6 Å². The van der Waals surface area contributed by atoms with Crippen LogP contribution in [0.15, 0.2) is 10.4 Å². The van der Waals surface area contributed by atoms with Crippen LogP contribution in [-0.2, 0) is 5.75 Å². The third kappa shape index (κ3) is 4.07. The molecule has 1 aromatic rings. The molecular weight excluding hydrogens is 244 g/mol. The van der Waals surface area contributed by atoms with Crippen molar-refractivity contribution in [1.82, 2.24) is 4.98 Å². The summed E-state index contributed by atoms with van der Waals surface area (Å²) in [5, 5.41) is 9.68. The molecule has 0 saturated carbocycles. The molecule has 0 fully saturated rings. The van der Waals surface area contributed by atoms with E-state index >= 15 is 0 Å². The maximum Gasteiger partial charge on any atom is 0.212 e. The summed E-state index contributed by atoms with van der Waals surface area (Å²) in [4.78, 5) is 8.07. The number of thioether (sulfide) groups is 1. The van der Waals surface area contributed by atoms with Crippen molar-refractivity contribution in [2.45, 2.75) is 17.9 Å². The molecule has 1 rings (SSSR count). The van der Waals surface area contributed by atoms with Crippen LogP contribution in [0.25, 0.3) is 0 Å². The Morgan fingerprint density at radius 1 is 1.62 bits per heavy atom. The number of aromatic nitrogens is 1. The normalized spacial score (nSPS) is 12.1. The van der Waals surface area contributed by atoms with Crippen LogP contribution in [-0.4, -0.2) is 22.0 Å². The van der Waals surface area contributed by atoms with E-state index in [0.29, 0.717) is 10.9 Å². The Morgan fingerprint density at radius 3 is 2.88 bits per heavy atom. The molecule has 0 aromatic carbocycles. The number of guanidine groups is 1. The number of hydrogen-bond acceptors (Lipinski definition) is 5. The fourth-order valence-electron chi connectivity index (χ4n) is 0.825. The lowest BCUT2D eigenvalue weighted by Gasteiger charge is -2.06. The molecular formula is C8H14N6S2. The minimum atomic E-state index is -0.00627. The molecule has 6 nitrogen and oxygen atoms in total. The summed E-state index contributed by atoms with van der Waals surface area (Å²) in [7, 11) is 0.